The molecule has 0 bridgehead atoms. The summed E-state index contributed by atoms with van der Waals surface area (Å²) in [7, 11) is 0. The van der Waals surface area contributed by atoms with Gasteiger partial charge < -0.3 is 11.1 Å². The number of nitrogen functional groups attached to an aromatic ring is 1. The molecule has 0 saturated carbocycles. The molecule has 1 aliphatic rings. The van der Waals surface area contributed by atoms with Crippen molar-refractivity contribution in [2.75, 3.05) is 24.1 Å². The van der Waals surface area contributed by atoms with Crippen molar-refractivity contribution in [2.45, 2.75) is 45.1 Å². The third-order valence-electron chi connectivity index (χ3n) is 4.51. The predicted octanol–water partition coefficient (Wildman–Crippen LogP) is 3.52. The molecule has 1 fully saturated rings. The first kappa shape index (κ1) is 16.6. The minimum Gasteiger partial charge on any atom is -0.368 e. The maximum absolute atomic E-state index is 5.92. The van der Waals surface area contributed by atoms with E-state index in [-0.39, 0.29) is 12.0 Å². The minimum atomic E-state index is 0.143. The van der Waals surface area contributed by atoms with E-state index in [0.29, 0.717) is 5.95 Å². The Labute approximate surface area is 143 Å². The molecule has 3 N–H and O–H groups in total. The Hall–Kier alpha value is -2.21. The summed E-state index contributed by atoms with van der Waals surface area (Å²) in [5.74, 6) is 1.50. The van der Waals surface area contributed by atoms with Crippen LogP contribution in [0, 0.1) is 0 Å². The molecule has 0 amide bonds. The van der Waals surface area contributed by atoms with E-state index in [2.05, 4.69) is 32.1 Å². The van der Waals surface area contributed by atoms with E-state index in [9.17, 15) is 0 Å². The van der Waals surface area contributed by atoms with Gasteiger partial charge in [0.1, 0.15) is 0 Å². The number of anilines is 3. The van der Waals surface area contributed by atoms with E-state index in [4.69, 9.17) is 5.73 Å². The Kier molecular flexibility index (Phi) is 5.59. The fraction of sp³-hybridized carbons (Fsp3) is 0.500. The van der Waals surface area contributed by atoms with E-state index in [1.807, 2.05) is 30.3 Å². The summed E-state index contributed by atoms with van der Waals surface area (Å²) in [6.45, 7) is 4.34. The van der Waals surface area contributed by atoms with Gasteiger partial charge in [0.2, 0.25) is 11.9 Å². The Balaban J connectivity index is 1.76. The molecule has 1 aromatic heterocycles. The van der Waals surface area contributed by atoms with Crippen LogP contribution >= 0.6 is 0 Å². The maximum Gasteiger partial charge on any atom is 0.232 e. The average Bonchev–Trinajstić information content (AvgIpc) is 2.54. The normalized spacial score (nSPS) is 17.7. The van der Waals surface area contributed by atoms with Gasteiger partial charge in [0.25, 0.3) is 0 Å². The van der Waals surface area contributed by atoms with Gasteiger partial charge in [-0.15, -0.1) is 0 Å². The van der Waals surface area contributed by atoms with Gasteiger partial charge in [-0.1, -0.05) is 37.5 Å². The molecule has 1 aromatic carbocycles. The zero-order valence-electron chi connectivity index (χ0n) is 14.3. The molecule has 6 nitrogen and oxygen atoms in total. The lowest BCUT2D eigenvalue weighted by molar-refractivity contribution is 0.185. The van der Waals surface area contributed by atoms with E-state index < -0.39 is 0 Å². The number of para-hydroxylation sites is 1. The number of likely N-dealkylation sites (tertiary alicyclic amines) is 1. The second-order valence-electron chi connectivity index (χ2n) is 6.35. The lowest BCUT2D eigenvalue weighted by Gasteiger charge is -2.29. The molecule has 1 atom stereocenters. The second kappa shape index (κ2) is 8.06. The summed E-state index contributed by atoms with van der Waals surface area (Å²) < 4.78 is 0. The summed E-state index contributed by atoms with van der Waals surface area (Å²) in [5.41, 5.74) is 6.85. The monoisotopic (exact) mass is 326 g/mol. The van der Waals surface area contributed by atoms with Crippen LogP contribution in [0.4, 0.5) is 17.6 Å². The van der Waals surface area contributed by atoms with Crippen molar-refractivity contribution in [3.8, 4) is 0 Å². The number of nitrogens with one attached hydrogen (secondary N) is 1. The van der Waals surface area contributed by atoms with Crippen molar-refractivity contribution in [1.29, 1.82) is 0 Å². The quantitative estimate of drug-likeness (QED) is 0.895. The number of nitrogens with two attached hydrogens (primary N) is 1. The van der Waals surface area contributed by atoms with Crippen LogP contribution in [-0.4, -0.2) is 32.9 Å². The van der Waals surface area contributed by atoms with Crippen molar-refractivity contribution in [3.63, 3.8) is 0 Å². The number of rotatable bonds is 4. The number of nitrogens with zero attached hydrogens (tertiary/aromatic N) is 4. The van der Waals surface area contributed by atoms with Crippen molar-refractivity contribution in [1.82, 2.24) is 19.9 Å². The van der Waals surface area contributed by atoms with Crippen LogP contribution in [0.25, 0.3) is 0 Å². The Morgan fingerprint density at radius 1 is 0.958 bits per heavy atom. The van der Waals surface area contributed by atoms with E-state index in [1.54, 1.807) is 0 Å². The van der Waals surface area contributed by atoms with E-state index >= 15 is 0 Å². The first-order chi connectivity index (χ1) is 11.7. The molecular formula is C18H26N6. The van der Waals surface area contributed by atoms with Crippen LogP contribution in [0.1, 0.15) is 50.9 Å². The summed E-state index contributed by atoms with van der Waals surface area (Å²) in [6, 6.07) is 10.0. The summed E-state index contributed by atoms with van der Waals surface area (Å²) >= 11 is 0. The molecule has 3 rings (SSSR count). The molecule has 128 valence electrons. The summed E-state index contributed by atoms with van der Waals surface area (Å²) in [6.07, 6.45) is 6.44. The van der Waals surface area contributed by atoms with Gasteiger partial charge in [0, 0.05) is 5.69 Å². The van der Waals surface area contributed by atoms with Gasteiger partial charge in [-0.2, -0.15) is 15.0 Å². The van der Waals surface area contributed by atoms with Crippen molar-refractivity contribution < 1.29 is 0 Å². The number of hydrogen-bond acceptors (Lipinski definition) is 6. The van der Waals surface area contributed by atoms with Crippen LogP contribution in [-0.2, 0) is 0 Å². The molecule has 1 unspecified atom stereocenters. The van der Waals surface area contributed by atoms with Gasteiger partial charge in [0.05, 0.1) is 6.04 Å². The smallest absolute Gasteiger partial charge is 0.232 e. The van der Waals surface area contributed by atoms with Crippen molar-refractivity contribution in [2.24, 2.45) is 0 Å². The van der Waals surface area contributed by atoms with E-state index in [0.717, 1.165) is 24.6 Å². The Bertz CT molecular complexity index is 637. The molecule has 2 heterocycles. The fourth-order valence-corrected chi connectivity index (χ4v) is 3.13. The average molecular weight is 326 g/mol. The van der Waals surface area contributed by atoms with E-state index in [1.165, 1.54) is 32.1 Å². The standard InChI is InChI=1S/C18H26N6/c1-14(24-12-8-3-2-4-9-13-24)16-21-17(19)23-18(22-16)20-15-10-6-5-7-11-15/h5-7,10-11,14H,2-4,8-9,12-13H2,1H3,(H3,19,20,21,22,23). The molecule has 1 aliphatic heterocycles. The van der Waals surface area contributed by atoms with Gasteiger partial charge in [-0.3, -0.25) is 4.90 Å². The third-order valence-corrected chi connectivity index (χ3v) is 4.51. The molecular weight excluding hydrogens is 300 g/mol. The highest BCUT2D eigenvalue weighted by molar-refractivity contribution is 5.53. The Morgan fingerprint density at radius 2 is 1.62 bits per heavy atom. The van der Waals surface area contributed by atoms with Crippen LogP contribution in [0.5, 0.6) is 0 Å². The molecule has 6 heteroatoms. The second-order valence-corrected chi connectivity index (χ2v) is 6.35. The Morgan fingerprint density at radius 3 is 2.33 bits per heavy atom. The largest absolute Gasteiger partial charge is 0.368 e. The molecule has 0 spiro atoms. The van der Waals surface area contributed by atoms with Crippen molar-refractivity contribution >= 4 is 17.6 Å². The number of aromatic nitrogens is 3. The number of hydrogen-bond donors (Lipinski definition) is 2. The highest BCUT2D eigenvalue weighted by Gasteiger charge is 2.20. The first-order valence-corrected chi connectivity index (χ1v) is 8.80. The lowest BCUT2D eigenvalue weighted by atomic mass is 10.1. The SMILES string of the molecule is CC(c1nc(N)nc(Nc2ccccc2)n1)N1CCCCCCC1. The number of benzene rings is 1. The van der Waals surface area contributed by atoms with Gasteiger partial charge in [-0.25, -0.2) is 0 Å². The van der Waals surface area contributed by atoms with Crippen LogP contribution in [0.15, 0.2) is 30.3 Å². The van der Waals surface area contributed by atoms with Gasteiger partial charge in [-0.05, 0) is 45.0 Å². The highest BCUT2D eigenvalue weighted by atomic mass is 15.2. The highest BCUT2D eigenvalue weighted by Crippen LogP contribution is 2.23. The van der Waals surface area contributed by atoms with Crippen molar-refractivity contribution in [3.05, 3.63) is 36.2 Å². The van der Waals surface area contributed by atoms with Crippen LogP contribution in [0.2, 0.25) is 0 Å². The molecule has 24 heavy (non-hydrogen) atoms. The minimum absolute atomic E-state index is 0.143. The van der Waals surface area contributed by atoms with Crippen LogP contribution in [0.3, 0.4) is 0 Å². The maximum atomic E-state index is 5.92. The molecule has 2 aromatic rings. The third kappa shape index (κ3) is 4.41. The lowest BCUT2D eigenvalue weighted by Crippen LogP contribution is -2.31. The van der Waals surface area contributed by atoms with Crippen LogP contribution < -0.4 is 11.1 Å². The van der Waals surface area contributed by atoms with Gasteiger partial charge in [0.15, 0.2) is 5.82 Å². The summed E-state index contributed by atoms with van der Waals surface area (Å²) in [4.78, 5) is 15.7. The molecule has 1 saturated heterocycles. The molecule has 0 radical (unpaired) electrons. The topological polar surface area (TPSA) is 80.0 Å². The fourth-order valence-electron chi connectivity index (χ4n) is 3.13. The zero-order valence-corrected chi connectivity index (χ0v) is 14.3. The first-order valence-electron chi connectivity index (χ1n) is 8.80. The summed E-state index contributed by atoms with van der Waals surface area (Å²) in [5, 5.41) is 3.20. The molecule has 0 aliphatic carbocycles. The van der Waals surface area contributed by atoms with Gasteiger partial charge >= 0.3 is 0 Å². The predicted molar refractivity (Wildman–Crippen MR) is 97.0 cm³/mol. The zero-order chi connectivity index (χ0) is 16.8.